The van der Waals surface area contributed by atoms with Crippen molar-refractivity contribution in [1.82, 2.24) is 4.90 Å². The minimum atomic E-state index is -0.756. The van der Waals surface area contributed by atoms with Crippen LogP contribution < -0.4 is 0 Å². The molecule has 0 aromatic rings. The first kappa shape index (κ1) is 13.5. The number of carboxylic acid groups (broad SMARTS) is 1. The molecular weight excluding hydrogens is 220 g/mol. The smallest absolute Gasteiger partial charge is 0.306 e. The zero-order valence-corrected chi connectivity index (χ0v) is 10.1. The molecule has 0 aliphatic heterocycles. The van der Waals surface area contributed by atoms with Gasteiger partial charge in [0, 0.05) is 19.5 Å². The molecule has 0 radical (unpaired) electrons. The van der Waals surface area contributed by atoms with Crippen LogP contribution in [0.1, 0.15) is 32.1 Å². The van der Waals surface area contributed by atoms with Gasteiger partial charge in [0.1, 0.15) is 0 Å². The number of carbonyl (C=O) groups is 2. The number of hydrogen-bond donors (Lipinski definition) is 1. The van der Waals surface area contributed by atoms with Crippen molar-refractivity contribution < 1.29 is 14.7 Å². The Balaban J connectivity index is 2.40. The van der Waals surface area contributed by atoms with Gasteiger partial charge in [-0.05, 0) is 25.7 Å². The van der Waals surface area contributed by atoms with Crippen LogP contribution in [0, 0.1) is 23.2 Å². The normalized spacial score (nSPS) is 23.8. The summed E-state index contributed by atoms with van der Waals surface area (Å²) in [6.07, 6.45) is 2.79. The number of aliphatic carboxylic acids is 1. The monoisotopic (exact) mass is 238 g/mol. The third kappa shape index (κ3) is 3.74. The number of rotatable bonds is 4. The predicted molar refractivity (Wildman–Crippen MR) is 61.0 cm³/mol. The molecule has 1 fully saturated rings. The maximum atomic E-state index is 11.9. The SMILES string of the molecule is CN(CCC#N)C(=O)C1CCC(C(=O)O)CC1. The number of carbonyl (C=O) groups excluding carboxylic acids is 1. The molecule has 1 saturated carbocycles. The molecule has 0 bridgehead atoms. The summed E-state index contributed by atoms with van der Waals surface area (Å²) < 4.78 is 0. The van der Waals surface area contributed by atoms with E-state index in [1.807, 2.05) is 6.07 Å². The van der Waals surface area contributed by atoms with E-state index >= 15 is 0 Å². The lowest BCUT2D eigenvalue weighted by Gasteiger charge is -2.28. The average molecular weight is 238 g/mol. The topological polar surface area (TPSA) is 81.4 Å². The molecule has 0 atom stereocenters. The molecule has 94 valence electrons. The fourth-order valence-corrected chi connectivity index (χ4v) is 2.23. The van der Waals surface area contributed by atoms with Gasteiger partial charge in [-0.25, -0.2) is 0 Å². The van der Waals surface area contributed by atoms with Gasteiger partial charge in [-0.3, -0.25) is 9.59 Å². The summed E-state index contributed by atoms with van der Waals surface area (Å²) in [4.78, 5) is 24.3. The van der Waals surface area contributed by atoms with Crippen LogP contribution >= 0.6 is 0 Å². The second-order valence-electron chi connectivity index (χ2n) is 4.55. The molecule has 5 heteroatoms. The lowest BCUT2D eigenvalue weighted by Crippen LogP contribution is -2.36. The van der Waals surface area contributed by atoms with E-state index in [4.69, 9.17) is 10.4 Å². The second kappa shape index (κ2) is 6.24. The molecule has 0 saturated heterocycles. The molecule has 0 heterocycles. The Kier molecular flexibility index (Phi) is 4.95. The van der Waals surface area contributed by atoms with Crippen LogP contribution in [-0.2, 0) is 9.59 Å². The third-order valence-electron chi connectivity index (χ3n) is 3.36. The summed E-state index contributed by atoms with van der Waals surface area (Å²) in [6.45, 7) is 0.453. The highest BCUT2D eigenvalue weighted by molar-refractivity contribution is 5.79. The van der Waals surface area contributed by atoms with Gasteiger partial charge in [0.05, 0.1) is 18.4 Å². The van der Waals surface area contributed by atoms with E-state index in [-0.39, 0.29) is 17.7 Å². The van der Waals surface area contributed by atoms with Crippen LogP contribution in [0.15, 0.2) is 0 Å². The number of amides is 1. The van der Waals surface area contributed by atoms with E-state index in [1.54, 1.807) is 11.9 Å². The van der Waals surface area contributed by atoms with Crippen molar-refractivity contribution in [1.29, 1.82) is 5.26 Å². The molecule has 1 aliphatic rings. The summed E-state index contributed by atoms with van der Waals surface area (Å²) in [5.41, 5.74) is 0. The van der Waals surface area contributed by atoms with Gasteiger partial charge in [-0.2, -0.15) is 5.26 Å². The van der Waals surface area contributed by atoms with Crippen molar-refractivity contribution in [3.05, 3.63) is 0 Å². The maximum Gasteiger partial charge on any atom is 0.306 e. The molecule has 1 amide bonds. The van der Waals surface area contributed by atoms with E-state index in [2.05, 4.69) is 0 Å². The first-order valence-corrected chi connectivity index (χ1v) is 5.91. The molecule has 1 aliphatic carbocycles. The van der Waals surface area contributed by atoms with Crippen LogP contribution in [0.4, 0.5) is 0 Å². The Hall–Kier alpha value is -1.57. The van der Waals surface area contributed by atoms with E-state index in [9.17, 15) is 9.59 Å². The number of nitriles is 1. The molecule has 0 aromatic heterocycles. The highest BCUT2D eigenvalue weighted by Gasteiger charge is 2.30. The van der Waals surface area contributed by atoms with Crippen molar-refractivity contribution in [2.75, 3.05) is 13.6 Å². The summed E-state index contributed by atoms with van der Waals surface area (Å²) in [5, 5.41) is 17.3. The van der Waals surface area contributed by atoms with Gasteiger partial charge in [0.15, 0.2) is 0 Å². The predicted octanol–water partition coefficient (Wildman–Crippen LogP) is 1.25. The molecule has 0 spiro atoms. The van der Waals surface area contributed by atoms with Crippen molar-refractivity contribution in [3.8, 4) is 6.07 Å². The Morgan fingerprint density at radius 2 is 1.82 bits per heavy atom. The Bertz CT molecular complexity index is 327. The fraction of sp³-hybridized carbons (Fsp3) is 0.750. The zero-order chi connectivity index (χ0) is 12.8. The average Bonchev–Trinajstić information content (AvgIpc) is 2.35. The van der Waals surface area contributed by atoms with E-state index in [0.717, 1.165) is 0 Å². The Morgan fingerprint density at radius 1 is 1.29 bits per heavy atom. The van der Waals surface area contributed by atoms with Crippen LogP contribution in [-0.4, -0.2) is 35.5 Å². The van der Waals surface area contributed by atoms with Crippen molar-refractivity contribution >= 4 is 11.9 Å². The lowest BCUT2D eigenvalue weighted by atomic mass is 9.81. The van der Waals surface area contributed by atoms with Gasteiger partial charge in [0.25, 0.3) is 0 Å². The zero-order valence-electron chi connectivity index (χ0n) is 10.1. The molecule has 0 aromatic carbocycles. The van der Waals surface area contributed by atoms with Gasteiger partial charge < -0.3 is 10.0 Å². The molecular formula is C12H18N2O3. The molecule has 1 rings (SSSR count). The Labute approximate surface area is 101 Å². The standard InChI is InChI=1S/C12H18N2O3/c1-14(8-2-7-13)11(15)9-3-5-10(6-4-9)12(16)17/h9-10H,2-6,8H2,1H3,(H,16,17). The fourth-order valence-electron chi connectivity index (χ4n) is 2.23. The minimum absolute atomic E-state index is 0.0455. The summed E-state index contributed by atoms with van der Waals surface area (Å²) in [6, 6.07) is 2.01. The van der Waals surface area contributed by atoms with Gasteiger partial charge >= 0.3 is 5.97 Å². The molecule has 1 N–H and O–H groups in total. The number of hydrogen-bond acceptors (Lipinski definition) is 3. The van der Waals surface area contributed by atoms with Crippen molar-refractivity contribution in [2.24, 2.45) is 11.8 Å². The second-order valence-corrected chi connectivity index (χ2v) is 4.55. The number of carboxylic acids is 1. The van der Waals surface area contributed by atoms with Gasteiger partial charge in [-0.15, -0.1) is 0 Å². The van der Waals surface area contributed by atoms with Crippen LogP contribution in [0.5, 0.6) is 0 Å². The first-order chi connectivity index (χ1) is 8.06. The highest BCUT2D eigenvalue weighted by Crippen LogP contribution is 2.29. The van der Waals surface area contributed by atoms with Crippen LogP contribution in [0.2, 0.25) is 0 Å². The molecule has 5 nitrogen and oxygen atoms in total. The summed E-state index contributed by atoms with van der Waals surface area (Å²) >= 11 is 0. The van der Waals surface area contributed by atoms with E-state index in [0.29, 0.717) is 38.6 Å². The number of nitrogens with zero attached hydrogens (tertiary/aromatic N) is 2. The quantitative estimate of drug-likeness (QED) is 0.799. The van der Waals surface area contributed by atoms with Gasteiger partial charge in [-0.1, -0.05) is 0 Å². The minimum Gasteiger partial charge on any atom is -0.481 e. The third-order valence-corrected chi connectivity index (χ3v) is 3.36. The highest BCUT2D eigenvalue weighted by atomic mass is 16.4. The maximum absolute atomic E-state index is 11.9. The largest absolute Gasteiger partial charge is 0.481 e. The summed E-state index contributed by atoms with van der Waals surface area (Å²) in [7, 11) is 1.70. The van der Waals surface area contributed by atoms with Crippen molar-refractivity contribution in [3.63, 3.8) is 0 Å². The van der Waals surface area contributed by atoms with Crippen molar-refractivity contribution in [2.45, 2.75) is 32.1 Å². The Morgan fingerprint density at radius 3 is 2.29 bits per heavy atom. The van der Waals surface area contributed by atoms with Crippen LogP contribution in [0.25, 0.3) is 0 Å². The van der Waals surface area contributed by atoms with Crippen LogP contribution in [0.3, 0.4) is 0 Å². The summed E-state index contributed by atoms with van der Waals surface area (Å²) in [5.74, 6) is -1.06. The van der Waals surface area contributed by atoms with E-state index in [1.165, 1.54) is 0 Å². The van der Waals surface area contributed by atoms with Gasteiger partial charge in [0.2, 0.25) is 5.91 Å². The molecule has 17 heavy (non-hydrogen) atoms. The molecule has 0 unspecified atom stereocenters. The lowest BCUT2D eigenvalue weighted by molar-refractivity contribution is -0.145. The van der Waals surface area contributed by atoms with E-state index < -0.39 is 5.97 Å². The first-order valence-electron chi connectivity index (χ1n) is 5.91.